The standard InChI is InChI=1S/C15H20N2O3/c1-3-10-4-6-13(20-2)11(8-10)9-16-15(19)12-5-7-14(18)17-12/h4,6,8,12H,3,5,7,9H2,1-2H3,(H,16,19)(H,17,18). The van der Waals surface area contributed by atoms with Gasteiger partial charge >= 0.3 is 0 Å². The maximum Gasteiger partial charge on any atom is 0.242 e. The number of carbonyl (C=O) groups excluding carboxylic acids is 2. The predicted octanol–water partition coefficient (Wildman–Crippen LogP) is 1.15. The molecule has 0 saturated carbocycles. The number of ether oxygens (including phenoxy) is 1. The van der Waals surface area contributed by atoms with Crippen LogP contribution in [-0.4, -0.2) is 25.0 Å². The first-order valence-electron chi connectivity index (χ1n) is 6.87. The number of methoxy groups -OCH3 is 1. The number of rotatable bonds is 5. The molecule has 1 atom stereocenters. The number of hydrogen-bond acceptors (Lipinski definition) is 3. The van der Waals surface area contributed by atoms with Gasteiger partial charge in [-0.3, -0.25) is 9.59 Å². The zero-order valence-electron chi connectivity index (χ0n) is 11.9. The van der Waals surface area contributed by atoms with Crippen LogP contribution in [0.15, 0.2) is 18.2 Å². The van der Waals surface area contributed by atoms with Crippen LogP contribution in [0.3, 0.4) is 0 Å². The van der Waals surface area contributed by atoms with Gasteiger partial charge in [0.15, 0.2) is 0 Å². The lowest BCUT2D eigenvalue weighted by Gasteiger charge is -2.14. The maximum atomic E-state index is 12.0. The normalized spacial score (nSPS) is 17.7. The minimum absolute atomic E-state index is 0.0595. The summed E-state index contributed by atoms with van der Waals surface area (Å²) in [7, 11) is 1.61. The molecule has 1 aromatic rings. The summed E-state index contributed by atoms with van der Waals surface area (Å²) >= 11 is 0. The SMILES string of the molecule is CCc1ccc(OC)c(CNC(=O)C2CCC(=O)N2)c1. The van der Waals surface area contributed by atoms with Crippen molar-refractivity contribution in [3.05, 3.63) is 29.3 Å². The van der Waals surface area contributed by atoms with Gasteiger partial charge in [0, 0.05) is 18.5 Å². The van der Waals surface area contributed by atoms with Gasteiger partial charge in [0.05, 0.1) is 7.11 Å². The first-order valence-corrected chi connectivity index (χ1v) is 6.87. The zero-order chi connectivity index (χ0) is 14.5. The third-order valence-electron chi connectivity index (χ3n) is 3.52. The van der Waals surface area contributed by atoms with E-state index in [9.17, 15) is 9.59 Å². The summed E-state index contributed by atoms with van der Waals surface area (Å²) in [6, 6.07) is 5.56. The molecule has 1 unspecified atom stereocenters. The number of nitrogens with one attached hydrogen (secondary N) is 2. The van der Waals surface area contributed by atoms with E-state index in [2.05, 4.69) is 17.6 Å². The molecule has 1 aromatic carbocycles. The van der Waals surface area contributed by atoms with Crippen LogP contribution in [0.2, 0.25) is 0 Å². The lowest BCUT2D eigenvalue weighted by Crippen LogP contribution is -2.41. The van der Waals surface area contributed by atoms with E-state index in [0.717, 1.165) is 17.7 Å². The molecule has 0 radical (unpaired) electrons. The van der Waals surface area contributed by atoms with E-state index < -0.39 is 6.04 Å². The molecule has 1 fully saturated rings. The largest absolute Gasteiger partial charge is 0.496 e. The summed E-state index contributed by atoms with van der Waals surface area (Å²) in [5.41, 5.74) is 2.15. The van der Waals surface area contributed by atoms with Gasteiger partial charge in [0.1, 0.15) is 11.8 Å². The van der Waals surface area contributed by atoms with Crippen LogP contribution in [-0.2, 0) is 22.6 Å². The van der Waals surface area contributed by atoms with E-state index in [0.29, 0.717) is 19.4 Å². The van der Waals surface area contributed by atoms with E-state index in [-0.39, 0.29) is 11.8 Å². The highest BCUT2D eigenvalue weighted by Crippen LogP contribution is 2.20. The Balaban J connectivity index is 1.99. The van der Waals surface area contributed by atoms with Gasteiger partial charge in [-0.25, -0.2) is 0 Å². The fourth-order valence-corrected chi connectivity index (χ4v) is 2.31. The highest BCUT2D eigenvalue weighted by atomic mass is 16.5. The first-order chi connectivity index (χ1) is 9.63. The molecule has 108 valence electrons. The third-order valence-corrected chi connectivity index (χ3v) is 3.52. The molecule has 20 heavy (non-hydrogen) atoms. The van der Waals surface area contributed by atoms with Crippen molar-refractivity contribution in [2.75, 3.05) is 7.11 Å². The van der Waals surface area contributed by atoms with E-state index in [1.165, 1.54) is 5.56 Å². The van der Waals surface area contributed by atoms with Crippen LogP contribution in [0.5, 0.6) is 5.75 Å². The number of carbonyl (C=O) groups is 2. The summed E-state index contributed by atoms with van der Waals surface area (Å²) in [6.07, 6.45) is 1.92. The fraction of sp³-hybridized carbons (Fsp3) is 0.467. The monoisotopic (exact) mass is 276 g/mol. The Morgan fingerprint density at radius 2 is 2.30 bits per heavy atom. The van der Waals surface area contributed by atoms with E-state index >= 15 is 0 Å². The van der Waals surface area contributed by atoms with Gasteiger partial charge in [0.25, 0.3) is 0 Å². The zero-order valence-corrected chi connectivity index (χ0v) is 11.9. The molecule has 1 aliphatic rings. The topological polar surface area (TPSA) is 67.4 Å². The smallest absolute Gasteiger partial charge is 0.242 e. The Kier molecular flexibility index (Phi) is 4.61. The predicted molar refractivity (Wildman–Crippen MR) is 75.4 cm³/mol. The van der Waals surface area contributed by atoms with Crippen molar-refractivity contribution >= 4 is 11.8 Å². The minimum Gasteiger partial charge on any atom is -0.496 e. The molecule has 0 aliphatic carbocycles. The molecule has 0 spiro atoms. The summed E-state index contributed by atoms with van der Waals surface area (Å²) < 4.78 is 5.30. The van der Waals surface area contributed by atoms with Gasteiger partial charge in [0.2, 0.25) is 11.8 Å². The van der Waals surface area contributed by atoms with Crippen molar-refractivity contribution in [1.82, 2.24) is 10.6 Å². The lowest BCUT2D eigenvalue weighted by molar-refractivity contribution is -0.125. The van der Waals surface area contributed by atoms with Gasteiger partial charge in [-0.2, -0.15) is 0 Å². The van der Waals surface area contributed by atoms with E-state index in [1.807, 2.05) is 18.2 Å². The van der Waals surface area contributed by atoms with Crippen molar-refractivity contribution in [2.24, 2.45) is 0 Å². The number of aryl methyl sites for hydroxylation is 1. The molecule has 1 saturated heterocycles. The average molecular weight is 276 g/mol. The van der Waals surface area contributed by atoms with Crippen LogP contribution < -0.4 is 15.4 Å². The lowest BCUT2D eigenvalue weighted by atomic mass is 10.1. The van der Waals surface area contributed by atoms with Crippen LogP contribution >= 0.6 is 0 Å². The van der Waals surface area contributed by atoms with Crippen molar-refractivity contribution in [2.45, 2.75) is 38.8 Å². The minimum atomic E-state index is -0.400. The quantitative estimate of drug-likeness (QED) is 0.848. The molecule has 5 nitrogen and oxygen atoms in total. The number of benzene rings is 1. The first kappa shape index (κ1) is 14.4. The molecule has 2 N–H and O–H groups in total. The Hall–Kier alpha value is -2.04. The molecular weight excluding hydrogens is 256 g/mol. The molecule has 5 heteroatoms. The van der Waals surface area contributed by atoms with E-state index in [4.69, 9.17) is 4.74 Å². The van der Waals surface area contributed by atoms with E-state index in [1.54, 1.807) is 7.11 Å². The Bertz CT molecular complexity index is 514. The average Bonchev–Trinajstić information content (AvgIpc) is 2.91. The van der Waals surface area contributed by atoms with Crippen molar-refractivity contribution < 1.29 is 14.3 Å². The summed E-state index contributed by atoms with van der Waals surface area (Å²) in [5.74, 6) is 0.563. The molecule has 1 aliphatic heterocycles. The second-order valence-corrected chi connectivity index (χ2v) is 4.88. The molecule has 1 heterocycles. The Morgan fingerprint density at radius 1 is 1.50 bits per heavy atom. The Labute approximate surface area is 118 Å². The second-order valence-electron chi connectivity index (χ2n) is 4.88. The summed E-state index contributed by atoms with van der Waals surface area (Å²) in [5, 5.41) is 5.51. The third kappa shape index (κ3) is 3.29. The molecule has 0 aromatic heterocycles. The highest BCUT2D eigenvalue weighted by molar-refractivity contribution is 5.90. The van der Waals surface area contributed by atoms with Crippen LogP contribution in [0.1, 0.15) is 30.9 Å². The van der Waals surface area contributed by atoms with Gasteiger partial charge in [-0.05, 0) is 24.5 Å². The molecule has 2 amide bonds. The maximum absolute atomic E-state index is 12.0. The molecule has 2 rings (SSSR count). The van der Waals surface area contributed by atoms with Gasteiger partial charge in [-0.1, -0.05) is 19.1 Å². The van der Waals surface area contributed by atoms with Crippen molar-refractivity contribution in [3.63, 3.8) is 0 Å². The van der Waals surface area contributed by atoms with Crippen molar-refractivity contribution in [1.29, 1.82) is 0 Å². The van der Waals surface area contributed by atoms with Gasteiger partial charge in [-0.15, -0.1) is 0 Å². The number of hydrogen-bond donors (Lipinski definition) is 2. The highest BCUT2D eigenvalue weighted by Gasteiger charge is 2.26. The van der Waals surface area contributed by atoms with Crippen LogP contribution in [0.4, 0.5) is 0 Å². The summed E-state index contributed by atoms with van der Waals surface area (Å²) in [6.45, 7) is 2.49. The van der Waals surface area contributed by atoms with Crippen LogP contribution in [0.25, 0.3) is 0 Å². The van der Waals surface area contributed by atoms with Gasteiger partial charge < -0.3 is 15.4 Å². The summed E-state index contributed by atoms with van der Waals surface area (Å²) in [4.78, 5) is 23.1. The molecule has 0 bridgehead atoms. The molecular formula is C15H20N2O3. The van der Waals surface area contributed by atoms with Crippen molar-refractivity contribution in [3.8, 4) is 5.75 Å². The fourth-order valence-electron chi connectivity index (χ4n) is 2.31. The number of amides is 2. The second kappa shape index (κ2) is 6.41. The Morgan fingerprint density at radius 3 is 2.90 bits per heavy atom. The van der Waals surface area contributed by atoms with Crippen LogP contribution in [0, 0.1) is 0 Å².